The molecule has 0 spiro atoms. The van der Waals surface area contributed by atoms with Gasteiger partial charge >= 0.3 is 0 Å². The summed E-state index contributed by atoms with van der Waals surface area (Å²) in [7, 11) is 0. The Kier molecular flexibility index (Phi) is 11.4. The molecular formula is C57H50N3OPt-. The molecule has 0 saturated carbocycles. The molecule has 0 bridgehead atoms. The van der Waals surface area contributed by atoms with Gasteiger partial charge in [-0.25, -0.2) is 4.98 Å². The molecule has 2 aromatic heterocycles. The van der Waals surface area contributed by atoms with Crippen molar-refractivity contribution in [3.63, 3.8) is 0 Å². The Morgan fingerprint density at radius 3 is 1.94 bits per heavy atom. The third kappa shape index (κ3) is 8.20. The number of benzene rings is 7. The Labute approximate surface area is 381 Å². The zero-order valence-corrected chi connectivity index (χ0v) is 38.5. The molecule has 9 aromatic rings. The third-order valence-corrected chi connectivity index (χ3v) is 11.6. The van der Waals surface area contributed by atoms with Gasteiger partial charge in [-0.1, -0.05) is 167 Å². The smallest absolute Gasteiger partial charge is 0.148 e. The van der Waals surface area contributed by atoms with E-state index in [1.807, 2.05) is 69.4 Å². The maximum Gasteiger partial charge on any atom is 0.148 e. The van der Waals surface area contributed by atoms with Crippen molar-refractivity contribution in [2.75, 3.05) is 0 Å². The van der Waals surface area contributed by atoms with Gasteiger partial charge in [0.15, 0.2) is 0 Å². The van der Waals surface area contributed by atoms with Gasteiger partial charge in [-0.05, 0) is 106 Å². The molecule has 2 heterocycles. The Morgan fingerprint density at radius 1 is 0.629 bits per heavy atom. The second-order valence-electron chi connectivity index (χ2n) is 17.3. The van der Waals surface area contributed by atoms with Gasteiger partial charge in [0.25, 0.3) is 0 Å². The molecule has 1 N–H and O–H groups in total. The Morgan fingerprint density at radius 2 is 1.26 bits per heavy atom. The molecule has 0 aliphatic carbocycles. The molecular weight excluding hydrogens is 938 g/mol. The number of fused-ring (bicyclic) bond motifs is 1. The van der Waals surface area contributed by atoms with Crippen molar-refractivity contribution in [1.82, 2.24) is 14.5 Å². The minimum atomic E-state index is -0.675. The van der Waals surface area contributed by atoms with Crippen LogP contribution in [0.15, 0.2) is 164 Å². The number of para-hydroxylation sites is 1. The number of pyridine rings is 1. The van der Waals surface area contributed by atoms with E-state index in [4.69, 9.17) is 11.3 Å². The van der Waals surface area contributed by atoms with Crippen LogP contribution in [-0.4, -0.2) is 19.6 Å². The van der Waals surface area contributed by atoms with Crippen LogP contribution in [0.4, 0.5) is 0 Å². The Balaban J connectivity index is 0.00000544. The predicted octanol–water partition coefficient (Wildman–Crippen LogP) is 15.0. The van der Waals surface area contributed by atoms with Crippen molar-refractivity contribution in [2.45, 2.75) is 59.8 Å². The summed E-state index contributed by atoms with van der Waals surface area (Å²) < 4.78 is 10.7. The molecule has 0 fully saturated rings. The van der Waals surface area contributed by atoms with Crippen LogP contribution < -0.4 is 0 Å². The Bertz CT molecular complexity index is 3110. The number of rotatable bonds is 8. The van der Waals surface area contributed by atoms with Gasteiger partial charge in [0, 0.05) is 34.3 Å². The first-order valence-corrected chi connectivity index (χ1v) is 21.0. The van der Waals surface area contributed by atoms with E-state index in [-0.39, 0.29) is 32.2 Å². The zero-order valence-electron chi connectivity index (χ0n) is 37.2. The summed E-state index contributed by atoms with van der Waals surface area (Å²) in [5.41, 5.74) is 17.2. The molecule has 0 amide bonds. The maximum absolute atomic E-state index is 11.8. The van der Waals surface area contributed by atoms with Gasteiger partial charge < -0.3 is 5.11 Å². The number of aryl methyl sites for hydroxylation is 2. The average Bonchev–Trinajstić information content (AvgIpc) is 3.67. The first-order valence-electron chi connectivity index (χ1n) is 21.5. The van der Waals surface area contributed by atoms with E-state index in [2.05, 4.69) is 154 Å². The Hall–Kier alpha value is -6.35. The minimum absolute atomic E-state index is 0. The molecule has 0 radical (unpaired) electrons. The molecule has 0 aliphatic rings. The summed E-state index contributed by atoms with van der Waals surface area (Å²) in [6.07, 6.45) is 1.86. The van der Waals surface area contributed by atoms with E-state index in [0.29, 0.717) is 11.4 Å². The van der Waals surface area contributed by atoms with Gasteiger partial charge in [0.05, 0.1) is 22.3 Å². The van der Waals surface area contributed by atoms with Crippen molar-refractivity contribution in [3.8, 4) is 78.6 Å². The molecule has 0 aliphatic heterocycles. The largest absolute Gasteiger partial charge is 0.507 e. The summed E-state index contributed by atoms with van der Waals surface area (Å²) in [5.74, 6) is 0.213. The quantitative estimate of drug-likeness (QED) is 0.154. The van der Waals surface area contributed by atoms with Crippen molar-refractivity contribution in [3.05, 3.63) is 192 Å². The second kappa shape index (κ2) is 17.2. The average molecular weight is 989 g/mol. The first kappa shape index (κ1) is 41.0. The van der Waals surface area contributed by atoms with Crippen LogP contribution in [0, 0.1) is 19.9 Å². The first-order chi connectivity index (χ1) is 29.7. The van der Waals surface area contributed by atoms with Gasteiger partial charge in [0.2, 0.25) is 0 Å². The number of nitrogens with zero attached hydrogens (tertiary/aromatic N) is 3. The van der Waals surface area contributed by atoms with Gasteiger partial charge in [0.1, 0.15) is 11.6 Å². The van der Waals surface area contributed by atoms with E-state index < -0.39 is 5.89 Å². The van der Waals surface area contributed by atoms with Crippen molar-refractivity contribution in [1.29, 1.82) is 0 Å². The number of phenols is 1. The summed E-state index contributed by atoms with van der Waals surface area (Å²) in [4.78, 5) is 10.4. The standard InChI is InChI=1S/C57H50N3O.Pt/c1-36(2)39-21-23-42(24-22-39)44-27-28-58-51(35-44)47-32-45(41-17-12-9-13-18-41)31-46(33-47)48-19-14-20-53-54(48)59-56(49-30-37(3)29-38(4)55(49)61)60(53)52-26-25-43(34-50(52)57(5,6)7)40-15-10-8-11-16-40;/h8-32,34-36,61H,1-7H3;/q-1;/i36D;. The van der Waals surface area contributed by atoms with Crippen LogP contribution in [0.25, 0.3) is 83.9 Å². The number of aromatic hydroxyl groups is 1. The van der Waals surface area contributed by atoms with Crippen LogP contribution in [0.1, 0.15) is 64.1 Å². The van der Waals surface area contributed by atoms with E-state index in [1.165, 1.54) is 0 Å². The van der Waals surface area contributed by atoms with Gasteiger partial charge in [-0.15, -0.1) is 23.8 Å². The predicted molar refractivity (Wildman–Crippen MR) is 254 cm³/mol. The van der Waals surface area contributed by atoms with Crippen LogP contribution in [0.3, 0.4) is 0 Å². The van der Waals surface area contributed by atoms with Crippen LogP contribution >= 0.6 is 0 Å². The van der Waals surface area contributed by atoms with Gasteiger partial charge in [-0.3, -0.25) is 9.55 Å². The SMILES string of the molecule is [2H]C(C)(C)c1ccc(-c2ccnc(-c3[c-]c(-c4cccc5c4nc(-c4cc(C)cc(C)c4O)n5-c4ccc(-c5ccccc5)cc4C(C)(C)C)cc(-c4ccccc4)c3)c2)cc1.[Pt]. The fraction of sp³-hybridized carbons (Fsp3) is 0.158. The molecule has 62 heavy (non-hydrogen) atoms. The fourth-order valence-electron chi connectivity index (χ4n) is 8.42. The molecule has 4 nitrogen and oxygen atoms in total. The molecule has 0 unspecified atom stereocenters. The fourth-order valence-corrected chi connectivity index (χ4v) is 8.42. The minimum Gasteiger partial charge on any atom is -0.507 e. The second-order valence-corrected chi connectivity index (χ2v) is 17.3. The number of aromatic nitrogens is 3. The monoisotopic (exact) mass is 988 g/mol. The number of phenolic OH excluding ortho intramolecular Hbond substituents is 1. The van der Waals surface area contributed by atoms with Crippen molar-refractivity contribution in [2.24, 2.45) is 0 Å². The summed E-state index contributed by atoms with van der Waals surface area (Å²) in [6, 6.07) is 58.6. The maximum atomic E-state index is 11.8. The van der Waals surface area contributed by atoms with Crippen LogP contribution in [-0.2, 0) is 26.5 Å². The zero-order chi connectivity index (χ0) is 43.3. The van der Waals surface area contributed by atoms with E-state index in [9.17, 15) is 5.11 Å². The summed E-state index contributed by atoms with van der Waals surface area (Å²) in [6.45, 7) is 14.6. The molecule has 0 atom stereocenters. The molecule has 5 heteroatoms. The topological polar surface area (TPSA) is 50.9 Å². The van der Waals surface area contributed by atoms with E-state index in [0.717, 1.165) is 94.7 Å². The summed E-state index contributed by atoms with van der Waals surface area (Å²) in [5, 5.41) is 11.8. The van der Waals surface area contributed by atoms with E-state index >= 15 is 0 Å². The van der Waals surface area contributed by atoms with Crippen LogP contribution in [0.2, 0.25) is 0 Å². The number of hydrogen-bond acceptors (Lipinski definition) is 3. The molecule has 0 saturated heterocycles. The van der Waals surface area contributed by atoms with Crippen molar-refractivity contribution < 1.29 is 27.5 Å². The normalized spacial score (nSPS) is 12.0. The number of hydrogen-bond donors (Lipinski definition) is 1. The van der Waals surface area contributed by atoms with Crippen molar-refractivity contribution >= 4 is 11.0 Å². The molecule has 310 valence electrons. The number of imidazole rings is 1. The molecule has 7 aromatic carbocycles. The van der Waals surface area contributed by atoms with Gasteiger partial charge in [-0.2, -0.15) is 0 Å². The van der Waals surface area contributed by atoms with Crippen LogP contribution in [0.5, 0.6) is 5.75 Å². The third-order valence-electron chi connectivity index (χ3n) is 11.6. The summed E-state index contributed by atoms with van der Waals surface area (Å²) >= 11 is 0. The van der Waals surface area contributed by atoms with E-state index in [1.54, 1.807) is 0 Å². The molecule has 9 rings (SSSR count).